The minimum absolute atomic E-state index is 0.0524. The van der Waals surface area contributed by atoms with Gasteiger partial charge in [0.25, 0.3) is 5.56 Å². The van der Waals surface area contributed by atoms with Crippen LogP contribution in [0.3, 0.4) is 0 Å². The molecule has 3 aromatic carbocycles. The number of aromatic amines is 1. The lowest BCUT2D eigenvalue weighted by molar-refractivity contribution is -0.113. The summed E-state index contributed by atoms with van der Waals surface area (Å²) in [6.45, 7) is 0. The largest absolute Gasteiger partial charge is 0.497 e. The number of nitrogens with one attached hydrogen (secondary N) is 2. The van der Waals surface area contributed by atoms with E-state index in [1.165, 1.54) is 16.3 Å². The molecule has 0 atom stereocenters. The van der Waals surface area contributed by atoms with Gasteiger partial charge in [0.2, 0.25) is 5.91 Å². The summed E-state index contributed by atoms with van der Waals surface area (Å²) in [7, 11) is 1.57. The zero-order valence-electron chi connectivity index (χ0n) is 18.0. The van der Waals surface area contributed by atoms with Crippen LogP contribution in [0, 0.1) is 0 Å². The summed E-state index contributed by atoms with van der Waals surface area (Å²) in [5.74, 6) is 0.421. The fraction of sp³-hybridized carbons (Fsp3) is 0.0800. The van der Waals surface area contributed by atoms with Gasteiger partial charge in [-0.15, -0.1) is 0 Å². The van der Waals surface area contributed by atoms with Crippen LogP contribution < -0.4 is 15.6 Å². The number of fused-ring (bicyclic) bond motifs is 3. The van der Waals surface area contributed by atoms with E-state index in [0.717, 1.165) is 10.9 Å². The van der Waals surface area contributed by atoms with Gasteiger partial charge < -0.3 is 15.0 Å². The van der Waals surface area contributed by atoms with Crippen LogP contribution in [0.4, 0.5) is 5.69 Å². The molecule has 9 heteroatoms. The molecule has 0 aliphatic carbocycles. The number of halogens is 1. The summed E-state index contributed by atoms with van der Waals surface area (Å²) in [6, 6.07) is 21.7. The number of rotatable bonds is 6. The number of H-pyrrole nitrogens is 1. The van der Waals surface area contributed by atoms with Crippen LogP contribution in [-0.2, 0) is 4.79 Å². The lowest BCUT2D eigenvalue weighted by atomic mass is 10.2. The van der Waals surface area contributed by atoms with Crippen molar-refractivity contribution < 1.29 is 9.53 Å². The second-order valence-electron chi connectivity index (χ2n) is 7.48. The lowest BCUT2D eigenvalue weighted by Gasteiger charge is -2.13. The van der Waals surface area contributed by atoms with E-state index >= 15 is 0 Å². The minimum atomic E-state index is -0.257. The topological polar surface area (TPSA) is 89.0 Å². The number of methoxy groups -OCH3 is 1. The SMILES string of the molecule is COc1cccc(-n2c(SCC(=O)Nc3cccc(Cl)c3)nc3c([nH]c4ccccc43)c2=O)c1. The summed E-state index contributed by atoms with van der Waals surface area (Å²) in [6.07, 6.45) is 0. The van der Waals surface area contributed by atoms with Gasteiger partial charge in [0.15, 0.2) is 5.16 Å². The molecule has 0 radical (unpaired) electrons. The second-order valence-corrected chi connectivity index (χ2v) is 8.86. The van der Waals surface area contributed by atoms with Gasteiger partial charge in [0.1, 0.15) is 16.8 Å². The molecule has 2 aromatic heterocycles. The highest BCUT2D eigenvalue weighted by molar-refractivity contribution is 7.99. The Bertz CT molecular complexity index is 1590. The molecule has 170 valence electrons. The van der Waals surface area contributed by atoms with Crippen LogP contribution in [-0.4, -0.2) is 33.3 Å². The number of aromatic nitrogens is 3. The molecule has 5 rings (SSSR count). The Morgan fingerprint density at radius 1 is 1.12 bits per heavy atom. The Labute approximate surface area is 203 Å². The van der Waals surface area contributed by atoms with Gasteiger partial charge in [-0.3, -0.25) is 14.2 Å². The molecule has 0 fully saturated rings. The van der Waals surface area contributed by atoms with Crippen LogP contribution in [0.5, 0.6) is 5.75 Å². The first-order valence-corrected chi connectivity index (χ1v) is 11.8. The average Bonchev–Trinajstić information content (AvgIpc) is 3.22. The molecule has 0 spiro atoms. The van der Waals surface area contributed by atoms with Gasteiger partial charge in [-0.2, -0.15) is 0 Å². The smallest absolute Gasteiger partial charge is 0.283 e. The highest BCUT2D eigenvalue weighted by Gasteiger charge is 2.18. The van der Waals surface area contributed by atoms with Crippen molar-refractivity contribution in [2.75, 3.05) is 18.2 Å². The third kappa shape index (κ3) is 4.25. The van der Waals surface area contributed by atoms with Crippen molar-refractivity contribution in [2.24, 2.45) is 0 Å². The number of carbonyl (C=O) groups is 1. The van der Waals surface area contributed by atoms with E-state index in [-0.39, 0.29) is 17.2 Å². The molecule has 0 saturated heterocycles. The van der Waals surface area contributed by atoms with Gasteiger partial charge in [-0.25, -0.2) is 4.98 Å². The zero-order valence-corrected chi connectivity index (χ0v) is 19.6. The number of hydrogen-bond donors (Lipinski definition) is 2. The molecule has 0 bridgehead atoms. The molecule has 0 saturated carbocycles. The maximum absolute atomic E-state index is 13.6. The first-order chi connectivity index (χ1) is 16.5. The highest BCUT2D eigenvalue weighted by Crippen LogP contribution is 2.27. The van der Waals surface area contributed by atoms with E-state index in [4.69, 9.17) is 21.3 Å². The van der Waals surface area contributed by atoms with Crippen molar-refractivity contribution in [1.29, 1.82) is 0 Å². The van der Waals surface area contributed by atoms with Gasteiger partial charge in [-0.1, -0.05) is 53.7 Å². The van der Waals surface area contributed by atoms with Crippen LogP contribution in [0.25, 0.3) is 27.6 Å². The Hall–Kier alpha value is -3.75. The van der Waals surface area contributed by atoms with Crippen molar-refractivity contribution in [3.05, 3.63) is 88.2 Å². The lowest BCUT2D eigenvalue weighted by Crippen LogP contribution is -2.23. The van der Waals surface area contributed by atoms with Crippen molar-refractivity contribution in [3.63, 3.8) is 0 Å². The Kier molecular flexibility index (Phi) is 6.00. The van der Waals surface area contributed by atoms with E-state index < -0.39 is 0 Å². The Balaban J connectivity index is 1.57. The van der Waals surface area contributed by atoms with Gasteiger partial charge in [-0.05, 0) is 36.4 Å². The number of anilines is 1. The number of ether oxygens (including phenoxy) is 1. The summed E-state index contributed by atoms with van der Waals surface area (Å²) >= 11 is 7.19. The first kappa shape index (κ1) is 22.1. The van der Waals surface area contributed by atoms with Crippen molar-refractivity contribution in [2.45, 2.75) is 5.16 Å². The minimum Gasteiger partial charge on any atom is -0.497 e. The number of benzene rings is 3. The molecular weight excluding hydrogens is 472 g/mol. The molecule has 5 aromatic rings. The molecule has 34 heavy (non-hydrogen) atoms. The molecule has 2 N–H and O–H groups in total. The second kappa shape index (κ2) is 9.24. The third-order valence-corrected chi connectivity index (χ3v) is 6.42. The average molecular weight is 491 g/mol. The highest BCUT2D eigenvalue weighted by atomic mass is 35.5. The van der Waals surface area contributed by atoms with E-state index in [1.54, 1.807) is 55.6 Å². The van der Waals surface area contributed by atoms with E-state index in [2.05, 4.69) is 10.3 Å². The monoisotopic (exact) mass is 490 g/mol. The molecular formula is C25H19ClN4O3S. The summed E-state index contributed by atoms with van der Waals surface area (Å²) in [4.78, 5) is 34.2. The summed E-state index contributed by atoms with van der Waals surface area (Å²) < 4.78 is 6.84. The van der Waals surface area contributed by atoms with Crippen molar-refractivity contribution >= 4 is 56.9 Å². The van der Waals surface area contributed by atoms with Crippen molar-refractivity contribution in [1.82, 2.24) is 14.5 Å². The van der Waals surface area contributed by atoms with E-state index in [1.807, 2.05) is 24.3 Å². The quantitative estimate of drug-likeness (QED) is 0.250. The molecule has 1 amide bonds. The summed E-state index contributed by atoms with van der Waals surface area (Å²) in [5, 5.41) is 4.60. The van der Waals surface area contributed by atoms with Crippen LogP contribution in [0.15, 0.2) is 82.7 Å². The predicted molar refractivity (Wildman–Crippen MR) is 137 cm³/mol. The van der Waals surface area contributed by atoms with Crippen LogP contribution >= 0.6 is 23.4 Å². The number of hydrogen-bond acceptors (Lipinski definition) is 5. The third-order valence-electron chi connectivity index (χ3n) is 5.25. The Morgan fingerprint density at radius 2 is 1.94 bits per heavy atom. The molecule has 0 aliphatic heterocycles. The summed E-state index contributed by atoms with van der Waals surface area (Å²) in [5.41, 5.74) is 2.72. The molecule has 7 nitrogen and oxygen atoms in total. The zero-order chi connectivity index (χ0) is 23.7. The maximum atomic E-state index is 13.6. The first-order valence-electron chi connectivity index (χ1n) is 10.4. The Morgan fingerprint density at radius 3 is 2.76 bits per heavy atom. The van der Waals surface area contributed by atoms with Crippen molar-refractivity contribution in [3.8, 4) is 11.4 Å². The number of thioether (sulfide) groups is 1. The van der Waals surface area contributed by atoms with Crippen LogP contribution in [0.2, 0.25) is 5.02 Å². The van der Waals surface area contributed by atoms with Crippen LogP contribution in [0.1, 0.15) is 0 Å². The predicted octanol–water partition coefficient (Wildman–Crippen LogP) is 5.26. The molecule has 0 unspecified atom stereocenters. The van der Waals surface area contributed by atoms with Gasteiger partial charge in [0, 0.05) is 27.7 Å². The van der Waals surface area contributed by atoms with Gasteiger partial charge in [0.05, 0.1) is 18.6 Å². The number of amides is 1. The normalized spacial score (nSPS) is 11.1. The standard InChI is InChI=1S/C25H19ClN4O3S/c1-33-18-9-5-8-17(13-18)30-24(32)23-22(19-10-2-3-11-20(19)28-23)29-25(30)34-14-21(31)27-16-7-4-6-15(26)12-16/h2-13,28H,14H2,1H3,(H,27,31). The number of para-hydroxylation sites is 1. The fourth-order valence-electron chi connectivity index (χ4n) is 3.71. The molecule has 2 heterocycles. The number of nitrogens with zero attached hydrogens (tertiary/aromatic N) is 2. The fourth-order valence-corrected chi connectivity index (χ4v) is 4.71. The van der Waals surface area contributed by atoms with Gasteiger partial charge >= 0.3 is 0 Å². The molecule has 0 aliphatic rings. The van der Waals surface area contributed by atoms with E-state index in [9.17, 15) is 9.59 Å². The number of carbonyl (C=O) groups excluding carboxylic acids is 1. The van der Waals surface area contributed by atoms with E-state index in [0.29, 0.717) is 38.3 Å². The maximum Gasteiger partial charge on any atom is 0.283 e.